The summed E-state index contributed by atoms with van der Waals surface area (Å²) in [7, 11) is 1.65. The lowest BCUT2D eigenvalue weighted by Gasteiger charge is -2.25. The van der Waals surface area contributed by atoms with Crippen LogP contribution in [0.4, 0.5) is 0 Å². The van der Waals surface area contributed by atoms with Crippen LogP contribution in [0, 0.1) is 5.41 Å². The largest absolute Gasteiger partial charge is 0.497 e. The van der Waals surface area contributed by atoms with Crippen molar-refractivity contribution in [1.29, 1.82) is 0 Å². The smallest absolute Gasteiger partial charge is 0.224 e. The van der Waals surface area contributed by atoms with E-state index in [1.165, 1.54) is 5.56 Å². The average Bonchev–Trinajstić information content (AvgIpc) is 2.40. The first kappa shape index (κ1) is 15.5. The van der Waals surface area contributed by atoms with Crippen LogP contribution in [0.5, 0.6) is 5.75 Å². The second kappa shape index (κ2) is 6.57. The van der Waals surface area contributed by atoms with Crippen molar-refractivity contribution in [2.24, 2.45) is 11.1 Å². The predicted molar refractivity (Wildman–Crippen MR) is 77.0 cm³/mol. The Morgan fingerprint density at radius 1 is 1.37 bits per heavy atom. The molecule has 0 saturated carbocycles. The van der Waals surface area contributed by atoms with Gasteiger partial charge < -0.3 is 15.8 Å². The van der Waals surface area contributed by atoms with Crippen molar-refractivity contribution in [1.82, 2.24) is 5.32 Å². The third kappa shape index (κ3) is 4.24. The number of nitrogens with one attached hydrogen (secondary N) is 1. The fraction of sp³-hybridized carbons (Fsp3) is 0.533. The lowest BCUT2D eigenvalue weighted by Crippen LogP contribution is -2.41. The first-order chi connectivity index (χ1) is 8.90. The van der Waals surface area contributed by atoms with Crippen LogP contribution in [0.3, 0.4) is 0 Å². The summed E-state index contributed by atoms with van der Waals surface area (Å²) < 4.78 is 5.15. The zero-order valence-corrected chi connectivity index (χ0v) is 12.2. The summed E-state index contributed by atoms with van der Waals surface area (Å²) in [5, 5.41) is 3.40. The van der Waals surface area contributed by atoms with Crippen molar-refractivity contribution in [3.63, 3.8) is 0 Å². The maximum atomic E-state index is 11.3. The van der Waals surface area contributed by atoms with Gasteiger partial charge in [0.05, 0.1) is 12.5 Å². The van der Waals surface area contributed by atoms with Gasteiger partial charge in [-0.2, -0.15) is 0 Å². The first-order valence-corrected chi connectivity index (χ1v) is 6.58. The first-order valence-electron chi connectivity index (χ1n) is 6.58. The molecule has 1 unspecified atom stereocenters. The van der Waals surface area contributed by atoms with Crippen LogP contribution in [0.2, 0.25) is 0 Å². The zero-order valence-electron chi connectivity index (χ0n) is 12.2. The van der Waals surface area contributed by atoms with Crippen LogP contribution in [0.1, 0.15) is 38.8 Å². The van der Waals surface area contributed by atoms with Crippen molar-refractivity contribution in [2.75, 3.05) is 13.7 Å². The Morgan fingerprint density at radius 3 is 2.37 bits per heavy atom. The molecule has 0 aromatic heterocycles. The van der Waals surface area contributed by atoms with E-state index in [-0.39, 0.29) is 11.9 Å². The number of hydrogen-bond donors (Lipinski definition) is 2. The molecule has 0 bridgehead atoms. The van der Waals surface area contributed by atoms with Gasteiger partial charge in [0.1, 0.15) is 5.75 Å². The molecule has 0 fully saturated rings. The van der Waals surface area contributed by atoms with Crippen molar-refractivity contribution in [2.45, 2.75) is 33.2 Å². The number of methoxy groups -OCH3 is 1. The quantitative estimate of drug-likeness (QED) is 0.794. The highest BCUT2D eigenvalue weighted by molar-refractivity contribution is 5.80. The molecule has 0 saturated heterocycles. The summed E-state index contributed by atoms with van der Waals surface area (Å²) in [6, 6.07) is 8.18. The van der Waals surface area contributed by atoms with Crippen LogP contribution in [-0.4, -0.2) is 19.6 Å². The number of hydrogen-bond acceptors (Lipinski definition) is 3. The van der Waals surface area contributed by atoms with Crippen LogP contribution < -0.4 is 15.8 Å². The fourth-order valence-electron chi connectivity index (χ4n) is 1.80. The SMILES string of the molecule is CCC(NCC(C)(C)C(N)=O)c1ccc(OC)cc1. The Bertz CT molecular complexity index is 413. The highest BCUT2D eigenvalue weighted by Crippen LogP contribution is 2.22. The molecule has 0 heterocycles. The van der Waals surface area contributed by atoms with E-state index in [1.807, 2.05) is 38.1 Å². The van der Waals surface area contributed by atoms with Gasteiger partial charge in [-0.15, -0.1) is 0 Å². The molecule has 0 spiro atoms. The zero-order chi connectivity index (χ0) is 14.5. The molecule has 1 aromatic rings. The molecule has 1 aromatic carbocycles. The highest BCUT2D eigenvalue weighted by atomic mass is 16.5. The van der Waals surface area contributed by atoms with Gasteiger partial charge in [-0.3, -0.25) is 4.79 Å². The summed E-state index contributed by atoms with van der Waals surface area (Å²) in [5.41, 5.74) is 6.02. The number of nitrogens with two attached hydrogens (primary N) is 1. The van der Waals surface area contributed by atoms with Gasteiger partial charge in [-0.25, -0.2) is 0 Å². The van der Waals surface area contributed by atoms with E-state index in [4.69, 9.17) is 10.5 Å². The van der Waals surface area contributed by atoms with Gasteiger partial charge in [-0.1, -0.05) is 19.1 Å². The predicted octanol–water partition coefficient (Wildman–Crippen LogP) is 2.25. The number of carbonyl (C=O) groups is 1. The molecule has 0 aliphatic heterocycles. The molecule has 106 valence electrons. The van der Waals surface area contributed by atoms with E-state index >= 15 is 0 Å². The maximum absolute atomic E-state index is 11.3. The monoisotopic (exact) mass is 264 g/mol. The Labute approximate surface area is 115 Å². The summed E-state index contributed by atoms with van der Waals surface area (Å²) in [6.07, 6.45) is 0.946. The highest BCUT2D eigenvalue weighted by Gasteiger charge is 2.25. The lowest BCUT2D eigenvalue weighted by molar-refractivity contribution is -0.125. The molecule has 0 aliphatic carbocycles. The van der Waals surface area contributed by atoms with E-state index in [0.717, 1.165) is 12.2 Å². The Kier molecular flexibility index (Phi) is 5.36. The Morgan fingerprint density at radius 2 is 1.95 bits per heavy atom. The minimum Gasteiger partial charge on any atom is -0.497 e. The average molecular weight is 264 g/mol. The van der Waals surface area contributed by atoms with Crippen molar-refractivity contribution < 1.29 is 9.53 Å². The Balaban J connectivity index is 2.70. The summed E-state index contributed by atoms with van der Waals surface area (Å²) >= 11 is 0. The van der Waals surface area contributed by atoms with Crippen LogP contribution >= 0.6 is 0 Å². The van der Waals surface area contributed by atoms with Crippen molar-refractivity contribution in [3.8, 4) is 5.75 Å². The van der Waals surface area contributed by atoms with Gasteiger partial charge in [0, 0.05) is 12.6 Å². The second-order valence-corrected chi connectivity index (χ2v) is 5.36. The number of carbonyl (C=O) groups excluding carboxylic acids is 1. The standard InChI is InChI=1S/C15H24N2O2/c1-5-13(17-10-15(2,3)14(16)18)11-6-8-12(19-4)9-7-11/h6-9,13,17H,5,10H2,1-4H3,(H2,16,18). The van der Waals surface area contributed by atoms with E-state index in [1.54, 1.807) is 7.11 Å². The number of benzene rings is 1. The molecule has 1 amide bonds. The fourth-order valence-corrected chi connectivity index (χ4v) is 1.80. The molecule has 4 nitrogen and oxygen atoms in total. The van der Waals surface area contributed by atoms with Gasteiger partial charge >= 0.3 is 0 Å². The minimum atomic E-state index is -0.542. The summed E-state index contributed by atoms with van der Waals surface area (Å²) in [5.74, 6) is 0.556. The number of rotatable bonds is 7. The van der Waals surface area contributed by atoms with Crippen LogP contribution in [0.15, 0.2) is 24.3 Å². The second-order valence-electron chi connectivity index (χ2n) is 5.36. The number of primary amides is 1. The minimum absolute atomic E-state index is 0.213. The van der Waals surface area contributed by atoms with Gasteiger partial charge in [0.15, 0.2) is 0 Å². The summed E-state index contributed by atoms with van der Waals surface area (Å²) in [6.45, 7) is 6.37. The molecule has 1 atom stereocenters. The molecule has 0 aliphatic rings. The topological polar surface area (TPSA) is 64.3 Å². The number of ether oxygens (including phenoxy) is 1. The third-order valence-electron chi connectivity index (χ3n) is 3.38. The lowest BCUT2D eigenvalue weighted by atomic mass is 9.91. The van der Waals surface area contributed by atoms with E-state index in [2.05, 4.69) is 12.2 Å². The van der Waals surface area contributed by atoms with Crippen LogP contribution in [0.25, 0.3) is 0 Å². The molecule has 3 N–H and O–H groups in total. The normalized spacial score (nSPS) is 13.1. The van der Waals surface area contributed by atoms with Crippen molar-refractivity contribution in [3.05, 3.63) is 29.8 Å². The van der Waals surface area contributed by atoms with Crippen molar-refractivity contribution >= 4 is 5.91 Å². The molecule has 19 heavy (non-hydrogen) atoms. The molecular weight excluding hydrogens is 240 g/mol. The van der Waals surface area contributed by atoms with Crippen LogP contribution in [-0.2, 0) is 4.79 Å². The van der Waals surface area contributed by atoms with E-state index in [9.17, 15) is 4.79 Å². The van der Waals surface area contributed by atoms with Gasteiger partial charge in [0.2, 0.25) is 5.91 Å². The third-order valence-corrected chi connectivity index (χ3v) is 3.38. The maximum Gasteiger partial charge on any atom is 0.224 e. The summed E-state index contributed by atoms with van der Waals surface area (Å²) in [4.78, 5) is 11.3. The van der Waals surface area contributed by atoms with E-state index in [0.29, 0.717) is 6.54 Å². The molecule has 4 heteroatoms. The van der Waals surface area contributed by atoms with Gasteiger partial charge in [-0.05, 0) is 38.0 Å². The van der Waals surface area contributed by atoms with E-state index < -0.39 is 5.41 Å². The molecule has 0 radical (unpaired) electrons. The Hall–Kier alpha value is -1.55. The molecule has 1 rings (SSSR count). The molecular formula is C15H24N2O2. The number of amides is 1. The van der Waals surface area contributed by atoms with Gasteiger partial charge in [0.25, 0.3) is 0 Å².